The van der Waals surface area contributed by atoms with Crippen LogP contribution in [0.2, 0.25) is 5.02 Å². The first-order chi connectivity index (χ1) is 7.27. The van der Waals surface area contributed by atoms with Crippen LogP contribution in [0.15, 0.2) is 18.5 Å². The highest BCUT2D eigenvalue weighted by Crippen LogP contribution is 2.14. The zero-order valence-electron chi connectivity index (χ0n) is 8.07. The minimum Gasteiger partial charge on any atom is -0.379 e. The lowest BCUT2D eigenvalue weighted by Gasteiger charge is -2.10. The first kappa shape index (κ1) is 10.4. The SMILES string of the molecule is O=C(NC1CCOC1)c1ccncc1Cl. The number of amides is 1. The van der Waals surface area contributed by atoms with Crippen LogP contribution in [0.4, 0.5) is 0 Å². The van der Waals surface area contributed by atoms with E-state index in [4.69, 9.17) is 16.3 Å². The van der Waals surface area contributed by atoms with E-state index in [0.29, 0.717) is 23.8 Å². The van der Waals surface area contributed by atoms with Gasteiger partial charge in [0.05, 0.1) is 23.2 Å². The van der Waals surface area contributed by atoms with Gasteiger partial charge in [-0.2, -0.15) is 0 Å². The van der Waals surface area contributed by atoms with Gasteiger partial charge >= 0.3 is 0 Å². The molecule has 2 rings (SSSR count). The van der Waals surface area contributed by atoms with Crippen LogP contribution < -0.4 is 5.32 Å². The summed E-state index contributed by atoms with van der Waals surface area (Å²) in [6.45, 7) is 1.28. The molecule has 0 radical (unpaired) electrons. The van der Waals surface area contributed by atoms with Crippen LogP contribution in [-0.4, -0.2) is 30.1 Å². The second-order valence-electron chi connectivity index (χ2n) is 3.39. The molecule has 1 saturated heterocycles. The molecule has 0 bridgehead atoms. The van der Waals surface area contributed by atoms with Gasteiger partial charge in [0, 0.05) is 19.0 Å². The molecule has 5 heteroatoms. The van der Waals surface area contributed by atoms with Crippen molar-refractivity contribution in [1.29, 1.82) is 0 Å². The quantitative estimate of drug-likeness (QED) is 0.826. The maximum absolute atomic E-state index is 11.7. The minimum atomic E-state index is -0.169. The first-order valence-corrected chi connectivity index (χ1v) is 5.13. The Morgan fingerprint density at radius 3 is 3.20 bits per heavy atom. The summed E-state index contributed by atoms with van der Waals surface area (Å²) in [4.78, 5) is 15.6. The van der Waals surface area contributed by atoms with Crippen molar-refractivity contribution in [2.45, 2.75) is 12.5 Å². The smallest absolute Gasteiger partial charge is 0.253 e. The number of rotatable bonds is 2. The van der Waals surface area contributed by atoms with Crippen molar-refractivity contribution < 1.29 is 9.53 Å². The van der Waals surface area contributed by atoms with Gasteiger partial charge in [-0.25, -0.2) is 0 Å². The van der Waals surface area contributed by atoms with E-state index in [1.807, 2.05) is 0 Å². The van der Waals surface area contributed by atoms with Crippen LogP contribution in [-0.2, 0) is 4.74 Å². The largest absolute Gasteiger partial charge is 0.379 e. The predicted octanol–water partition coefficient (Wildman–Crippen LogP) is 1.25. The Kier molecular flexibility index (Phi) is 3.18. The molecule has 0 aromatic carbocycles. The highest BCUT2D eigenvalue weighted by molar-refractivity contribution is 6.33. The van der Waals surface area contributed by atoms with Gasteiger partial charge in [-0.3, -0.25) is 9.78 Å². The van der Waals surface area contributed by atoms with E-state index >= 15 is 0 Å². The lowest BCUT2D eigenvalue weighted by Crippen LogP contribution is -2.35. The second kappa shape index (κ2) is 4.59. The molecule has 0 aliphatic carbocycles. The fraction of sp³-hybridized carbons (Fsp3) is 0.400. The third kappa shape index (κ3) is 2.46. The number of ether oxygens (including phenoxy) is 1. The molecule has 80 valence electrons. The lowest BCUT2D eigenvalue weighted by molar-refractivity contribution is 0.0930. The van der Waals surface area contributed by atoms with Crippen molar-refractivity contribution in [2.75, 3.05) is 13.2 Å². The molecule has 2 heterocycles. The number of hydrogen-bond acceptors (Lipinski definition) is 3. The van der Waals surface area contributed by atoms with E-state index in [2.05, 4.69) is 10.3 Å². The fourth-order valence-electron chi connectivity index (χ4n) is 1.47. The van der Waals surface area contributed by atoms with Gasteiger partial charge in [0.25, 0.3) is 5.91 Å². The van der Waals surface area contributed by atoms with Gasteiger partial charge in [0.1, 0.15) is 0 Å². The van der Waals surface area contributed by atoms with E-state index in [0.717, 1.165) is 6.42 Å². The topological polar surface area (TPSA) is 51.2 Å². The van der Waals surface area contributed by atoms with E-state index in [-0.39, 0.29) is 11.9 Å². The zero-order valence-corrected chi connectivity index (χ0v) is 8.83. The van der Waals surface area contributed by atoms with E-state index in [9.17, 15) is 4.79 Å². The van der Waals surface area contributed by atoms with Crippen LogP contribution in [0.25, 0.3) is 0 Å². The molecule has 1 aliphatic rings. The number of carbonyl (C=O) groups is 1. The van der Waals surface area contributed by atoms with Gasteiger partial charge in [0.2, 0.25) is 0 Å². The Morgan fingerprint density at radius 1 is 1.67 bits per heavy atom. The standard InChI is InChI=1S/C10H11ClN2O2/c11-9-5-12-3-1-8(9)10(14)13-7-2-4-15-6-7/h1,3,5,7H,2,4,6H2,(H,13,14). The molecule has 0 spiro atoms. The summed E-state index contributed by atoms with van der Waals surface area (Å²) in [5, 5.41) is 3.23. The fourth-order valence-corrected chi connectivity index (χ4v) is 1.68. The molecule has 1 aliphatic heterocycles. The summed E-state index contributed by atoms with van der Waals surface area (Å²) in [5.74, 6) is -0.169. The highest BCUT2D eigenvalue weighted by Gasteiger charge is 2.19. The molecule has 1 atom stereocenters. The van der Waals surface area contributed by atoms with Gasteiger partial charge in [-0.05, 0) is 12.5 Å². The Labute approximate surface area is 92.6 Å². The van der Waals surface area contributed by atoms with Gasteiger partial charge in [-0.1, -0.05) is 11.6 Å². The minimum absolute atomic E-state index is 0.0988. The number of nitrogens with zero attached hydrogens (tertiary/aromatic N) is 1. The maximum atomic E-state index is 11.7. The van der Waals surface area contributed by atoms with Crippen LogP contribution in [0.1, 0.15) is 16.8 Å². The molecular formula is C10H11ClN2O2. The number of aromatic nitrogens is 1. The van der Waals surface area contributed by atoms with Crippen molar-refractivity contribution in [3.63, 3.8) is 0 Å². The molecular weight excluding hydrogens is 216 g/mol. The van der Waals surface area contributed by atoms with Crippen LogP contribution in [0.5, 0.6) is 0 Å². The molecule has 1 N–H and O–H groups in total. The molecule has 1 unspecified atom stereocenters. The van der Waals surface area contributed by atoms with Gasteiger partial charge in [0.15, 0.2) is 0 Å². The zero-order chi connectivity index (χ0) is 10.7. The molecule has 1 aromatic rings. The molecule has 15 heavy (non-hydrogen) atoms. The average Bonchev–Trinajstić information content (AvgIpc) is 2.71. The normalized spacial score (nSPS) is 20.2. The van der Waals surface area contributed by atoms with Crippen molar-refractivity contribution in [1.82, 2.24) is 10.3 Å². The third-order valence-corrected chi connectivity index (χ3v) is 2.58. The number of nitrogens with one attached hydrogen (secondary N) is 1. The van der Waals surface area contributed by atoms with E-state index in [1.54, 1.807) is 12.3 Å². The Balaban J connectivity index is 2.04. The average molecular weight is 227 g/mol. The molecule has 0 saturated carbocycles. The van der Waals surface area contributed by atoms with Gasteiger partial charge in [-0.15, -0.1) is 0 Å². The number of carbonyl (C=O) groups excluding carboxylic acids is 1. The van der Waals surface area contributed by atoms with Gasteiger partial charge < -0.3 is 10.1 Å². The summed E-state index contributed by atoms with van der Waals surface area (Å²) >= 11 is 5.85. The van der Waals surface area contributed by atoms with Crippen molar-refractivity contribution in [3.05, 3.63) is 29.0 Å². The number of hydrogen-bond donors (Lipinski definition) is 1. The summed E-state index contributed by atoms with van der Waals surface area (Å²) in [6, 6.07) is 1.70. The Bertz CT molecular complexity index is 364. The van der Waals surface area contributed by atoms with Crippen molar-refractivity contribution in [2.24, 2.45) is 0 Å². The van der Waals surface area contributed by atoms with E-state index in [1.165, 1.54) is 6.20 Å². The number of pyridine rings is 1. The molecule has 1 amide bonds. The van der Waals surface area contributed by atoms with Crippen LogP contribution in [0.3, 0.4) is 0 Å². The second-order valence-corrected chi connectivity index (χ2v) is 3.80. The van der Waals surface area contributed by atoms with Crippen molar-refractivity contribution in [3.8, 4) is 0 Å². The summed E-state index contributed by atoms with van der Waals surface area (Å²) in [5.41, 5.74) is 0.457. The summed E-state index contributed by atoms with van der Waals surface area (Å²) < 4.78 is 5.16. The van der Waals surface area contributed by atoms with Crippen LogP contribution in [0, 0.1) is 0 Å². The summed E-state index contributed by atoms with van der Waals surface area (Å²) in [6.07, 6.45) is 3.86. The molecule has 1 aromatic heterocycles. The Morgan fingerprint density at radius 2 is 2.53 bits per heavy atom. The lowest BCUT2D eigenvalue weighted by atomic mass is 10.2. The first-order valence-electron chi connectivity index (χ1n) is 4.75. The highest BCUT2D eigenvalue weighted by atomic mass is 35.5. The summed E-state index contributed by atoms with van der Waals surface area (Å²) in [7, 11) is 0. The van der Waals surface area contributed by atoms with E-state index < -0.39 is 0 Å². The van der Waals surface area contributed by atoms with Crippen LogP contribution >= 0.6 is 11.6 Å². The predicted molar refractivity (Wildman–Crippen MR) is 55.9 cm³/mol. The number of halogens is 1. The monoisotopic (exact) mass is 226 g/mol. The molecule has 1 fully saturated rings. The third-order valence-electron chi connectivity index (χ3n) is 2.28. The Hall–Kier alpha value is -1.13. The maximum Gasteiger partial charge on any atom is 0.253 e. The van der Waals surface area contributed by atoms with Crippen molar-refractivity contribution >= 4 is 17.5 Å². The molecule has 4 nitrogen and oxygen atoms in total.